The fourth-order valence-corrected chi connectivity index (χ4v) is 3.93. The lowest BCUT2D eigenvalue weighted by Gasteiger charge is -2.23. The summed E-state index contributed by atoms with van der Waals surface area (Å²) < 4.78 is 6.14. The van der Waals surface area contributed by atoms with Gasteiger partial charge in [-0.05, 0) is 66.3 Å². The predicted octanol–water partition coefficient (Wildman–Crippen LogP) is 5.91. The molecule has 0 amide bonds. The maximum atomic E-state index is 11.2. The normalized spacial score (nSPS) is 10.8. The number of ether oxygens (including phenoxy) is 1. The number of carbonyl (C=O) groups is 2. The Bertz CT molecular complexity index is 1140. The van der Waals surface area contributed by atoms with Crippen LogP contribution in [0, 0.1) is 0 Å². The van der Waals surface area contributed by atoms with E-state index in [0.717, 1.165) is 53.9 Å². The van der Waals surface area contributed by atoms with Gasteiger partial charge < -0.3 is 14.9 Å². The van der Waals surface area contributed by atoms with E-state index in [1.165, 1.54) is 0 Å². The number of aromatic carboxylic acids is 1. The molecule has 0 fully saturated rings. The molecule has 3 aromatic carbocycles. The summed E-state index contributed by atoms with van der Waals surface area (Å²) in [5, 5.41) is 18.1. The average Bonchev–Trinajstić information content (AvgIpc) is 2.89. The molecule has 0 radical (unpaired) electrons. The van der Waals surface area contributed by atoms with Crippen LogP contribution in [0.2, 0.25) is 0 Å². The molecule has 0 unspecified atom stereocenters. The quantitative estimate of drug-likeness (QED) is 0.259. The Hall–Kier alpha value is -3.90. The van der Waals surface area contributed by atoms with Gasteiger partial charge in [0.15, 0.2) is 0 Å². The third kappa shape index (κ3) is 8.71. The van der Waals surface area contributed by atoms with Gasteiger partial charge in [-0.25, -0.2) is 4.79 Å². The molecule has 0 saturated heterocycles. The third-order valence-electron chi connectivity index (χ3n) is 6.00. The summed E-state index contributed by atoms with van der Waals surface area (Å²) >= 11 is 0. The monoisotopic (exact) mass is 487 g/mol. The second-order valence-corrected chi connectivity index (χ2v) is 8.72. The standard InChI is InChI=1S/C30H33NO5/c1-2-23-10-12-25(13-11-23)22-36-28-8-4-3-7-26(28)18-20-31(19-6-5-9-29(32)33)21-24-14-16-27(17-15-24)30(34)35/h2-4,7-8,10-17H,1,5-6,9,18-22H2,(H,32,33)(H,34,35). The summed E-state index contributed by atoms with van der Waals surface area (Å²) in [6.07, 6.45) is 4.14. The number of rotatable bonds is 15. The summed E-state index contributed by atoms with van der Waals surface area (Å²) in [4.78, 5) is 24.3. The van der Waals surface area contributed by atoms with Crippen LogP contribution in [0.4, 0.5) is 0 Å². The zero-order valence-corrected chi connectivity index (χ0v) is 20.4. The predicted molar refractivity (Wildman–Crippen MR) is 141 cm³/mol. The number of carboxylic acids is 2. The van der Waals surface area contributed by atoms with E-state index in [-0.39, 0.29) is 12.0 Å². The highest BCUT2D eigenvalue weighted by atomic mass is 16.5. The molecule has 188 valence electrons. The van der Waals surface area contributed by atoms with Gasteiger partial charge in [-0.15, -0.1) is 0 Å². The molecule has 0 heterocycles. The number of para-hydroxylation sites is 1. The van der Waals surface area contributed by atoms with Crippen molar-refractivity contribution in [2.45, 2.75) is 38.8 Å². The molecule has 0 bridgehead atoms. The van der Waals surface area contributed by atoms with Crippen LogP contribution in [0.1, 0.15) is 51.9 Å². The summed E-state index contributed by atoms with van der Waals surface area (Å²) in [5.74, 6) is -0.877. The van der Waals surface area contributed by atoms with Crippen LogP contribution in [0.3, 0.4) is 0 Å². The minimum atomic E-state index is -0.944. The number of hydrogen-bond donors (Lipinski definition) is 2. The van der Waals surface area contributed by atoms with E-state index in [9.17, 15) is 9.59 Å². The highest BCUT2D eigenvalue weighted by Gasteiger charge is 2.11. The van der Waals surface area contributed by atoms with Crippen LogP contribution >= 0.6 is 0 Å². The van der Waals surface area contributed by atoms with Crippen molar-refractivity contribution in [1.29, 1.82) is 0 Å². The Morgan fingerprint density at radius 3 is 2.22 bits per heavy atom. The minimum Gasteiger partial charge on any atom is -0.489 e. The van der Waals surface area contributed by atoms with Gasteiger partial charge in [0.05, 0.1) is 5.56 Å². The van der Waals surface area contributed by atoms with E-state index in [2.05, 4.69) is 17.5 Å². The molecule has 0 atom stereocenters. The van der Waals surface area contributed by atoms with Gasteiger partial charge in [0, 0.05) is 19.5 Å². The van der Waals surface area contributed by atoms with Gasteiger partial charge >= 0.3 is 11.9 Å². The van der Waals surface area contributed by atoms with Crippen LogP contribution in [-0.4, -0.2) is 40.1 Å². The zero-order valence-electron chi connectivity index (χ0n) is 20.4. The molecule has 3 aromatic rings. The molecule has 0 saturated carbocycles. The first-order valence-corrected chi connectivity index (χ1v) is 12.1. The number of unbranched alkanes of at least 4 members (excludes halogenated alkanes) is 1. The number of hydrogen-bond acceptors (Lipinski definition) is 4. The zero-order chi connectivity index (χ0) is 25.8. The number of aliphatic carboxylic acids is 1. The van der Waals surface area contributed by atoms with E-state index in [1.54, 1.807) is 12.1 Å². The van der Waals surface area contributed by atoms with Crippen molar-refractivity contribution in [3.63, 3.8) is 0 Å². The first-order valence-electron chi connectivity index (χ1n) is 12.1. The SMILES string of the molecule is C=Cc1ccc(COc2ccccc2CCN(CCCCC(=O)O)Cc2ccc(C(=O)O)cc2)cc1. The number of carboxylic acid groups (broad SMARTS) is 2. The summed E-state index contributed by atoms with van der Waals surface area (Å²) in [5.41, 5.74) is 4.54. The van der Waals surface area contributed by atoms with Gasteiger partial charge in [-0.3, -0.25) is 9.69 Å². The molecule has 6 nitrogen and oxygen atoms in total. The van der Waals surface area contributed by atoms with E-state index in [0.29, 0.717) is 19.6 Å². The first-order chi connectivity index (χ1) is 17.4. The van der Waals surface area contributed by atoms with Crippen LogP contribution < -0.4 is 4.74 Å². The van der Waals surface area contributed by atoms with E-state index >= 15 is 0 Å². The Morgan fingerprint density at radius 2 is 1.56 bits per heavy atom. The van der Waals surface area contributed by atoms with Crippen molar-refractivity contribution in [1.82, 2.24) is 4.90 Å². The third-order valence-corrected chi connectivity index (χ3v) is 6.00. The summed E-state index contributed by atoms with van der Waals surface area (Å²) in [7, 11) is 0. The van der Waals surface area contributed by atoms with Crippen LogP contribution in [-0.2, 0) is 24.4 Å². The van der Waals surface area contributed by atoms with E-state index in [4.69, 9.17) is 14.9 Å². The lowest BCUT2D eigenvalue weighted by atomic mass is 10.1. The molecule has 36 heavy (non-hydrogen) atoms. The fourth-order valence-electron chi connectivity index (χ4n) is 3.93. The van der Waals surface area contributed by atoms with Crippen molar-refractivity contribution in [2.75, 3.05) is 13.1 Å². The van der Waals surface area contributed by atoms with Crippen molar-refractivity contribution >= 4 is 18.0 Å². The molecule has 0 spiro atoms. The van der Waals surface area contributed by atoms with Crippen LogP contribution in [0.15, 0.2) is 79.4 Å². The van der Waals surface area contributed by atoms with E-state index in [1.807, 2.05) is 60.7 Å². The second kappa shape index (κ2) is 13.9. The molecular formula is C30H33NO5. The van der Waals surface area contributed by atoms with E-state index < -0.39 is 11.9 Å². The molecule has 6 heteroatoms. The summed E-state index contributed by atoms with van der Waals surface area (Å²) in [6.45, 7) is 6.44. The first kappa shape index (κ1) is 26.7. The van der Waals surface area contributed by atoms with Gasteiger partial charge in [0.2, 0.25) is 0 Å². The Labute approximate surface area is 212 Å². The van der Waals surface area contributed by atoms with Gasteiger partial charge in [-0.2, -0.15) is 0 Å². The van der Waals surface area contributed by atoms with Crippen molar-refractivity contribution in [3.05, 3.63) is 107 Å². The van der Waals surface area contributed by atoms with Crippen LogP contribution in [0.5, 0.6) is 5.75 Å². The minimum absolute atomic E-state index is 0.158. The highest BCUT2D eigenvalue weighted by molar-refractivity contribution is 5.87. The second-order valence-electron chi connectivity index (χ2n) is 8.72. The molecular weight excluding hydrogens is 454 g/mol. The van der Waals surface area contributed by atoms with Crippen molar-refractivity contribution in [2.24, 2.45) is 0 Å². The van der Waals surface area contributed by atoms with Crippen molar-refractivity contribution in [3.8, 4) is 5.75 Å². The maximum absolute atomic E-state index is 11.2. The fraction of sp³-hybridized carbons (Fsp3) is 0.267. The maximum Gasteiger partial charge on any atom is 0.335 e. The Morgan fingerprint density at radius 1 is 0.861 bits per heavy atom. The van der Waals surface area contributed by atoms with Gasteiger partial charge in [0.25, 0.3) is 0 Å². The van der Waals surface area contributed by atoms with Crippen LogP contribution in [0.25, 0.3) is 6.08 Å². The summed E-state index contributed by atoms with van der Waals surface area (Å²) in [6, 6.07) is 23.0. The average molecular weight is 488 g/mol. The Balaban J connectivity index is 1.63. The molecule has 0 aliphatic heterocycles. The van der Waals surface area contributed by atoms with Gasteiger partial charge in [-0.1, -0.05) is 67.3 Å². The smallest absolute Gasteiger partial charge is 0.335 e. The number of benzene rings is 3. The largest absolute Gasteiger partial charge is 0.489 e. The molecule has 2 N–H and O–H groups in total. The van der Waals surface area contributed by atoms with Gasteiger partial charge in [0.1, 0.15) is 12.4 Å². The highest BCUT2D eigenvalue weighted by Crippen LogP contribution is 2.21. The molecule has 0 aromatic heterocycles. The lowest BCUT2D eigenvalue weighted by Crippen LogP contribution is -2.27. The lowest BCUT2D eigenvalue weighted by molar-refractivity contribution is -0.137. The Kier molecular flexibility index (Phi) is 10.3. The molecule has 3 rings (SSSR count). The number of nitrogens with zero attached hydrogens (tertiary/aromatic N) is 1. The van der Waals surface area contributed by atoms with Crippen molar-refractivity contribution < 1.29 is 24.5 Å². The molecule has 0 aliphatic rings. The topological polar surface area (TPSA) is 87.1 Å². The molecule has 0 aliphatic carbocycles.